The standard InChI is InChI=1S/C22H24N4O2/c1-14(2)25-10-11-26-19-9-8-16(12-18(19)24-20(26)22(25)28)21(27)23-13-17-7-5-4-6-15(17)3/h4-9,12,14H,10-11,13H2,1-3H3,(H,23,27). The number of benzene rings is 2. The molecule has 28 heavy (non-hydrogen) atoms. The van der Waals surface area contributed by atoms with Crippen molar-refractivity contribution in [3.05, 3.63) is 65.0 Å². The van der Waals surface area contributed by atoms with Gasteiger partial charge in [0.05, 0.1) is 11.0 Å². The van der Waals surface area contributed by atoms with Crippen LogP contribution in [0.25, 0.3) is 11.0 Å². The lowest BCUT2D eigenvalue weighted by Crippen LogP contribution is -2.44. The number of aryl methyl sites for hydroxylation is 1. The van der Waals surface area contributed by atoms with E-state index in [1.54, 1.807) is 12.1 Å². The maximum atomic E-state index is 12.7. The molecule has 0 atom stereocenters. The van der Waals surface area contributed by atoms with Crippen molar-refractivity contribution in [3.63, 3.8) is 0 Å². The van der Waals surface area contributed by atoms with Crippen LogP contribution in [0.15, 0.2) is 42.5 Å². The van der Waals surface area contributed by atoms with Crippen LogP contribution < -0.4 is 5.32 Å². The first-order valence-electron chi connectivity index (χ1n) is 9.59. The molecule has 1 aromatic heterocycles. The third-order valence-electron chi connectivity index (χ3n) is 5.35. The topological polar surface area (TPSA) is 67.2 Å². The number of aromatic nitrogens is 2. The molecule has 0 fully saturated rings. The Morgan fingerprint density at radius 3 is 2.71 bits per heavy atom. The Balaban J connectivity index is 1.58. The molecule has 0 unspecified atom stereocenters. The fourth-order valence-electron chi connectivity index (χ4n) is 3.68. The second-order valence-corrected chi connectivity index (χ2v) is 7.49. The Morgan fingerprint density at radius 2 is 1.96 bits per heavy atom. The van der Waals surface area contributed by atoms with Crippen molar-refractivity contribution in [1.82, 2.24) is 19.8 Å². The molecule has 2 amide bonds. The first-order chi connectivity index (χ1) is 13.5. The number of hydrogen-bond acceptors (Lipinski definition) is 3. The average molecular weight is 376 g/mol. The van der Waals surface area contributed by atoms with Crippen molar-refractivity contribution >= 4 is 22.8 Å². The van der Waals surface area contributed by atoms with Crippen molar-refractivity contribution in [2.75, 3.05) is 6.54 Å². The van der Waals surface area contributed by atoms with E-state index in [-0.39, 0.29) is 17.9 Å². The summed E-state index contributed by atoms with van der Waals surface area (Å²) >= 11 is 0. The van der Waals surface area contributed by atoms with Gasteiger partial charge in [0.2, 0.25) is 0 Å². The number of nitrogens with zero attached hydrogens (tertiary/aromatic N) is 3. The predicted molar refractivity (Wildman–Crippen MR) is 108 cm³/mol. The Hall–Kier alpha value is -3.15. The van der Waals surface area contributed by atoms with Gasteiger partial charge in [-0.15, -0.1) is 0 Å². The van der Waals surface area contributed by atoms with Gasteiger partial charge in [0, 0.05) is 31.2 Å². The fraction of sp³-hybridized carbons (Fsp3) is 0.318. The normalized spacial score (nSPS) is 13.9. The molecule has 0 spiro atoms. The maximum Gasteiger partial charge on any atom is 0.290 e. The molecule has 3 aromatic rings. The van der Waals surface area contributed by atoms with Crippen LogP contribution in [0.3, 0.4) is 0 Å². The molecule has 6 heteroatoms. The van der Waals surface area contributed by atoms with Gasteiger partial charge in [0.1, 0.15) is 0 Å². The van der Waals surface area contributed by atoms with Crippen LogP contribution in [0.2, 0.25) is 0 Å². The Morgan fingerprint density at radius 1 is 1.18 bits per heavy atom. The Kier molecular flexibility index (Phi) is 4.63. The van der Waals surface area contributed by atoms with Crippen LogP contribution in [-0.2, 0) is 13.1 Å². The molecule has 0 bridgehead atoms. The highest BCUT2D eigenvalue weighted by Crippen LogP contribution is 2.23. The van der Waals surface area contributed by atoms with Gasteiger partial charge in [-0.3, -0.25) is 9.59 Å². The quantitative estimate of drug-likeness (QED) is 0.761. The van der Waals surface area contributed by atoms with E-state index in [0.29, 0.717) is 36.5 Å². The molecule has 6 nitrogen and oxygen atoms in total. The monoisotopic (exact) mass is 376 g/mol. The lowest BCUT2D eigenvalue weighted by molar-refractivity contribution is 0.0643. The van der Waals surface area contributed by atoms with Gasteiger partial charge in [-0.05, 0) is 50.1 Å². The summed E-state index contributed by atoms with van der Waals surface area (Å²) < 4.78 is 1.95. The minimum Gasteiger partial charge on any atom is -0.348 e. The van der Waals surface area contributed by atoms with E-state index >= 15 is 0 Å². The van der Waals surface area contributed by atoms with Crippen molar-refractivity contribution in [2.24, 2.45) is 0 Å². The van der Waals surface area contributed by atoms with Crippen LogP contribution in [0.1, 0.15) is 46.0 Å². The third kappa shape index (κ3) is 3.15. The molecule has 0 radical (unpaired) electrons. The van der Waals surface area contributed by atoms with Gasteiger partial charge in [0.25, 0.3) is 11.8 Å². The predicted octanol–water partition coefficient (Wildman–Crippen LogP) is 3.14. The zero-order chi connectivity index (χ0) is 19.8. The molecule has 0 saturated carbocycles. The summed E-state index contributed by atoms with van der Waals surface area (Å²) in [6.45, 7) is 7.91. The highest BCUT2D eigenvalue weighted by atomic mass is 16.2. The summed E-state index contributed by atoms with van der Waals surface area (Å²) in [7, 11) is 0. The minimum absolute atomic E-state index is 0.0528. The first kappa shape index (κ1) is 18.2. The lowest BCUT2D eigenvalue weighted by Gasteiger charge is -2.30. The molecule has 0 saturated heterocycles. The van der Waals surface area contributed by atoms with E-state index in [4.69, 9.17) is 0 Å². The number of hydrogen-bond donors (Lipinski definition) is 1. The summed E-state index contributed by atoms with van der Waals surface area (Å²) in [4.78, 5) is 31.7. The SMILES string of the molecule is Cc1ccccc1CNC(=O)c1ccc2c(c1)nc1n2CCN(C(C)C)C1=O. The van der Waals surface area contributed by atoms with Gasteiger partial charge in [-0.25, -0.2) is 4.98 Å². The van der Waals surface area contributed by atoms with E-state index in [1.165, 1.54) is 0 Å². The van der Waals surface area contributed by atoms with Gasteiger partial charge in [-0.1, -0.05) is 24.3 Å². The molecule has 1 aliphatic heterocycles. The highest BCUT2D eigenvalue weighted by Gasteiger charge is 2.29. The second-order valence-electron chi connectivity index (χ2n) is 7.49. The van der Waals surface area contributed by atoms with E-state index in [2.05, 4.69) is 10.3 Å². The molecule has 2 aromatic carbocycles. The highest BCUT2D eigenvalue weighted by molar-refractivity contribution is 6.00. The number of carbonyl (C=O) groups is 2. The fourth-order valence-corrected chi connectivity index (χ4v) is 3.68. The van der Waals surface area contributed by atoms with E-state index in [9.17, 15) is 9.59 Å². The molecule has 4 rings (SSSR count). The molecule has 2 heterocycles. The molecule has 1 aliphatic rings. The lowest BCUT2D eigenvalue weighted by atomic mass is 10.1. The van der Waals surface area contributed by atoms with Gasteiger partial charge >= 0.3 is 0 Å². The van der Waals surface area contributed by atoms with Gasteiger partial charge < -0.3 is 14.8 Å². The van der Waals surface area contributed by atoms with E-state index in [0.717, 1.165) is 16.6 Å². The molecular weight excluding hydrogens is 352 g/mol. The zero-order valence-corrected chi connectivity index (χ0v) is 16.4. The summed E-state index contributed by atoms with van der Waals surface area (Å²) in [6, 6.07) is 13.6. The Labute approximate surface area is 164 Å². The van der Waals surface area contributed by atoms with Crippen molar-refractivity contribution in [1.29, 1.82) is 0 Å². The molecule has 1 N–H and O–H groups in total. The molecular formula is C22H24N4O2. The van der Waals surface area contributed by atoms with Crippen LogP contribution in [0, 0.1) is 6.92 Å². The summed E-state index contributed by atoms with van der Waals surface area (Å²) in [5.74, 6) is 0.252. The van der Waals surface area contributed by atoms with Crippen LogP contribution >= 0.6 is 0 Å². The average Bonchev–Trinajstić information content (AvgIpc) is 3.06. The Bertz CT molecular complexity index is 1070. The summed E-state index contributed by atoms with van der Waals surface area (Å²) in [6.07, 6.45) is 0. The molecule has 144 valence electrons. The van der Waals surface area contributed by atoms with Crippen molar-refractivity contribution in [2.45, 2.75) is 39.9 Å². The number of carbonyl (C=O) groups excluding carboxylic acids is 2. The summed E-state index contributed by atoms with van der Waals surface area (Å²) in [5.41, 5.74) is 4.35. The number of fused-ring (bicyclic) bond motifs is 3. The van der Waals surface area contributed by atoms with E-state index < -0.39 is 0 Å². The van der Waals surface area contributed by atoms with Crippen LogP contribution in [0.5, 0.6) is 0 Å². The van der Waals surface area contributed by atoms with Crippen LogP contribution in [-0.4, -0.2) is 38.9 Å². The van der Waals surface area contributed by atoms with E-state index in [1.807, 2.05) is 60.6 Å². The minimum atomic E-state index is -0.147. The zero-order valence-electron chi connectivity index (χ0n) is 16.4. The largest absolute Gasteiger partial charge is 0.348 e. The maximum absolute atomic E-state index is 12.7. The van der Waals surface area contributed by atoms with Gasteiger partial charge in [-0.2, -0.15) is 0 Å². The third-order valence-corrected chi connectivity index (χ3v) is 5.35. The number of imidazole rings is 1. The first-order valence-corrected chi connectivity index (χ1v) is 9.59. The number of rotatable bonds is 4. The summed E-state index contributed by atoms with van der Waals surface area (Å²) in [5, 5.41) is 2.96. The van der Waals surface area contributed by atoms with Crippen LogP contribution in [0.4, 0.5) is 0 Å². The van der Waals surface area contributed by atoms with Crippen molar-refractivity contribution in [3.8, 4) is 0 Å². The van der Waals surface area contributed by atoms with Gasteiger partial charge in [0.15, 0.2) is 5.82 Å². The molecule has 0 aliphatic carbocycles. The van der Waals surface area contributed by atoms with Crippen molar-refractivity contribution < 1.29 is 9.59 Å². The smallest absolute Gasteiger partial charge is 0.290 e. The number of amides is 2. The number of nitrogens with one attached hydrogen (secondary N) is 1. The second kappa shape index (κ2) is 7.11.